The van der Waals surface area contributed by atoms with Crippen molar-refractivity contribution in [3.05, 3.63) is 29.8 Å². The topological polar surface area (TPSA) is 58.1 Å². The van der Waals surface area contributed by atoms with Gasteiger partial charge in [0.05, 0.1) is 13.7 Å². The highest BCUT2D eigenvalue weighted by Gasteiger charge is 2.01. The van der Waals surface area contributed by atoms with Crippen LogP contribution < -0.4 is 15.4 Å². The second kappa shape index (κ2) is 11.7. The van der Waals surface area contributed by atoms with E-state index in [9.17, 15) is 0 Å². The smallest absolute Gasteiger partial charge is 0.191 e. The van der Waals surface area contributed by atoms with Crippen LogP contribution in [-0.2, 0) is 11.2 Å². The molecule has 130 valence electrons. The molecule has 2 N–H and O–H groups in total. The van der Waals surface area contributed by atoms with Crippen molar-refractivity contribution in [2.75, 3.05) is 61.1 Å². The highest BCUT2D eigenvalue weighted by Crippen LogP contribution is 2.11. The van der Waals surface area contributed by atoms with Crippen molar-refractivity contribution in [2.45, 2.75) is 6.42 Å². The lowest BCUT2D eigenvalue weighted by Crippen LogP contribution is -2.42. The molecule has 0 spiro atoms. The van der Waals surface area contributed by atoms with Crippen molar-refractivity contribution < 1.29 is 9.47 Å². The van der Waals surface area contributed by atoms with Gasteiger partial charge in [-0.1, -0.05) is 12.1 Å². The van der Waals surface area contributed by atoms with Crippen molar-refractivity contribution in [3.63, 3.8) is 0 Å². The van der Waals surface area contributed by atoms with Crippen LogP contribution in [0.4, 0.5) is 0 Å². The molecule has 0 aliphatic rings. The summed E-state index contributed by atoms with van der Waals surface area (Å²) in [5.41, 5.74) is 1.27. The van der Waals surface area contributed by atoms with Gasteiger partial charge in [0.15, 0.2) is 5.96 Å². The van der Waals surface area contributed by atoms with Gasteiger partial charge in [0, 0.05) is 40.3 Å². The van der Waals surface area contributed by atoms with E-state index in [1.807, 2.05) is 12.1 Å². The summed E-state index contributed by atoms with van der Waals surface area (Å²) in [6, 6.07) is 8.14. The Morgan fingerprint density at radius 1 is 1.09 bits per heavy atom. The molecule has 0 unspecified atom stereocenters. The summed E-state index contributed by atoms with van der Waals surface area (Å²) >= 11 is 0. The standard InChI is InChI=1S/C17H30N4O2/c1-18-17(20-11-12-21(2)13-14-22-3)19-10-9-15-5-7-16(23-4)8-6-15/h5-8H,9-14H2,1-4H3,(H2,18,19,20). The van der Waals surface area contributed by atoms with E-state index in [1.54, 1.807) is 21.3 Å². The highest BCUT2D eigenvalue weighted by molar-refractivity contribution is 5.79. The molecule has 0 heterocycles. The summed E-state index contributed by atoms with van der Waals surface area (Å²) in [4.78, 5) is 6.46. The van der Waals surface area contributed by atoms with Crippen LogP contribution in [0.5, 0.6) is 5.75 Å². The van der Waals surface area contributed by atoms with Crippen molar-refractivity contribution >= 4 is 5.96 Å². The highest BCUT2D eigenvalue weighted by atomic mass is 16.5. The SMILES string of the molecule is CN=C(NCCc1ccc(OC)cc1)NCCN(C)CCOC. The summed E-state index contributed by atoms with van der Waals surface area (Å²) in [6.07, 6.45) is 0.943. The molecule has 0 saturated heterocycles. The number of ether oxygens (including phenoxy) is 2. The molecule has 0 saturated carbocycles. The van der Waals surface area contributed by atoms with Crippen LogP contribution in [0.1, 0.15) is 5.56 Å². The lowest BCUT2D eigenvalue weighted by atomic mass is 10.1. The monoisotopic (exact) mass is 322 g/mol. The van der Waals surface area contributed by atoms with E-state index in [0.29, 0.717) is 0 Å². The van der Waals surface area contributed by atoms with E-state index in [1.165, 1.54) is 5.56 Å². The van der Waals surface area contributed by atoms with Crippen LogP contribution in [0.15, 0.2) is 29.3 Å². The molecule has 0 radical (unpaired) electrons. The Kier molecular flexibility index (Phi) is 9.83. The molecule has 1 aromatic carbocycles. The van der Waals surface area contributed by atoms with Crippen LogP contribution in [-0.4, -0.2) is 72.0 Å². The fourth-order valence-corrected chi connectivity index (χ4v) is 2.06. The first-order valence-corrected chi connectivity index (χ1v) is 7.94. The molecule has 0 fully saturated rings. The maximum Gasteiger partial charge on any atom is 0.191 e. The molecular weight excluding hydrogens is 292 g/mol. The minimum absolute atomic E-state index is 0.755. The van der Waals surface area contributed by atoms with E-state index in [0.717, 1.165) is 50.9 Å². The number of nitrogens with one attached hydrogen (secondary N) is 2. The first kappa shape index (κ1) is 19.3. The number of rotatable bonds is 10. The van der Waals surface area contributed by atoms with Gasteiger partial charge in [-0.25, -0.2) is 0 Å². The molecule has 0 aromatic heterocycles. The zero-order valence-electron chi connectivity index (χ0n) is 14.8. The van der Waals surface area contributed by atoms with Crippen molar-refractivity contribution in [3.8, 4) is 5.75 Å². The van der Waals surface area contributed by atoms with Gasteiger partial charge in [-0.15, -0.1) is 0 Å². The second-order valence-electron chi connectivity index (χ2n) is 5.32. The fourth-order valence-electron chi connectivity index (χ4n) is 2.06. The minimum atomic E-state index is 0.755. The van der Waals surface area contributed by atoms with Gasteiger partial charge < -0.3 is 25.0 Å². The van der Waals surface area contributed by atoms with Crippen molar-refractivity contribution in [1.82, 2.24) is 15.5 Å². The Morgan fingerprint density at radius 2 is 1.78 bits per heavy atom. The van der Waals surface area contributed by atoms with E-state index in [2.05, 4.69) is 39.7 Å². The number of guanidine groups is 1. The molecule has 0 aliphatic heterocycles. The third-order valence-corrected chi connectivity index (χ3v) is 3.55. The molecular formula is C17H30N4O2. The van der Waals surface area contributed by atoms with Gasteiger partial charge in [0.2, 0.25) is 0 Å². The molecule has 0 amide bonds. The van der Waals surface area contributed by atoms with Crippen LogP contribution in [0.2, 0.25) is 0 Å². The summed E-state index contributed by atoms with van der Waals surface area (Å²) in [7, 11) is 7.28. The van der Waals surface area contributed by atoms with Gasteiger partial charge in [-0.2, -0.15) is 0 Å². The minimum Gasteiger partial charge on any atom is -0.497 e. The molecule has 1 rings (SSSR count). The first-order valence-electron chi connectivity index (χ1n) is 7.94. The Balaban J connectivity index is 2.20. The number of nitrogens with zero attached hydrogens (tertiary/aromatic N) is 2. The Bertz CT molecular complexity index is 448. The van der Waals surface area contributed by atoms with Gasteiger partial charge in [0.1, 0.15) is 5.75 Å². The predicted molar refractivity (Wildman–Crippen MR) is 95.4 cm³/mol. The van der Waals surface area contributed by atoms with Crippen molar-refractivity contribution in [2.24, 2.45) is 4.99 Å². The van der Waals surface area contributed by atoms with E-state index < -0.39 is 0 Å². The number of hydrogen-bond donors (Lipinski definition) is 2. The van der Waals surface area contributed by atoms with Crippen LogP contribution in [0.3, 0.4) is 0 Å². The number of aliphatic imine (C=N–C) groups is 1. The predicted octanol–water partition coefficient (Wildman–Crippen LogP) is 0.981. The third kappa shape index (κ3) is 8.42. The molecule has 1 aromatic rings. The zero-order chi connectivity index (χ0) is 16.9. The second-order valence-corrected chi connectivity index (χ2v) is 5.32. The summed E-state index contributed by atoms with van der Waals surface area (Å²) in [6.45, 7) is 4.32. The first-order chi connectivity index (χ1) is 11.2. The summed E-state index contributed by atoms with van der Waals surface area (Å²) in [5, 5.41) is 6.65. The maximum absolute atomic E-state index is 5.16. The molecule has 0 aliphatic carbocycles. The van der Waals surface area contributed by atoms with E-state index in [4.69, 9.17) is 9.47 Å². The van der Waals surface area contributed by atoms with Crippen LogP contribution in [0, 0.1) is 0 Å². The molecule has 6 heteroatoms. The molecule has 0 atom stereocenters. The number of benzene rings is 1. The summed E-state index contributed by atoms with van der Waals surface area (Å²) < 4.78 is 10.2. The van der Waals surface area contributed by atoms with Gasteiger partial charge in [0.25, 0.3) is 0 Å². The Labute approximate surface area is 139 Å². The Hall–Kier alpha value is -1.79. The molecule has 6 nitrogen and oxygen atoms in total. The average molecular weight is 322 g/mol. The molecule has 23 heavy (non-hydrogen) atoms. The number of hydrogen-bond acceptors (Lipinski definition) is 4. The van der Waals surface area contributed by atoms with Gasteiger partial charge in [-0.3, -0.25) is 4.99 Å². The van der Waals surface area contributed by atoms with Crippen LogP contribution >= 0.6 is 0 Å². The zero-order valence-corrected chi connectivity index (χ0v) is 14.8. The van der Waals surface area contributed by atoms with E-state index >= 15 is 0 Å². The fraction of sp³-hybridized carbons (Fsp3) is 0.588. The molecule has 0 bridgehead atoms. The largest absolute Gasteiger partial charge is 0.497 e. The van der Waals surface area contributed by atoms with Crippen LogP contribution in [0.25, 0.3) is 0 Å². The normalized spacial score (nSPS) is 11.6. The van der Waals surface area contributed by atoms with Crippen molar-refractivity contribution in [1.29, 1.82) is 0 Å². The third-order valence-electron chi connectivity index (χ3n) is 3.55. The number of likely N-dealkylation sites (N-methyl/N-ethyl adjacent to an activating group) is 1. The number of methoxy groups -OCH3 is 2. The average Bonchev–Trinajstić information content (AvgIpc) is 2.59. The lowest BCUT2D eigenvalue weighted by Gasteiger charge is -2.17. The van der Waals surface area contributed by atoms with E-state index in [-0.39, 0.29) is 0 Å². The van der Waals surface area contributed by atoms with Gasteiger partial charge >= 0.3 is 0 Å². The quantitative estimate of drug-likeness (QED) is 0.497. The Morgan fingerprint density at radius 3 is 2.39 bits per heavy atom. The lowest BCUT2D eigenvalue weighted by molar-refractivity contribution is 0.162. The summed E-state index contributed by atoms with van der Waals surface area (Å²) in [5.74, 6) is 1.72. The van der Waals surface area contributed by atoms with Gasteiger partial charge in [-0.05, 0) is 31.2 Å². The maximum atomic E-state index is 5.16.